The molecule has 1 aliphatic rings. The molecule has 2 aromatic rings. The first-order valence-electron chi connectivity index (χ1n) is 9.50. The Morgan fingerprint density at radius 2 is 1.96 bits per heavy atom. The number of carbonyl (C=O) groups excluding carboxylic acids is 2. The molecule has 0 aliphatic carbocycles. The zero-order valence-electron chi connectivity index (χ0n) is 16.2. The van der Waals surface area contributed by atoms with Gasteiger partial charge in [-0.15, -0.1) is 5.10 Å². The van der Waals surface area contributed by atoms with Crippen molar-refractivity contribution in [1.82, 2.24) is 25.1 Å². The van der Waals surface area contributed by atoms with Crippen molar-refractivity contribution >= 4 is 23.6 Å². The molecule has 1 atom stereocenters. The van der Waals surface area contributed by atoms with Gasteiger partial charge in [-0.2, -0.15) is 0 Å². The monoisotopic (exact) mass is 403 g/mol. The highest BCUT2D eigenvalue weighted by atomic mass is 32.2. The number of hydrogen-bond acceptors (Lipinski definition) is 7. The highest BCUT2D eigenvalue weighted by Gasteiger charge is 2.31. The molecule has 0 bridgehead atoms. The van der Waals surface area contributed by atoms with Crippen LogP contribution in [0.3, 0.4) is 0 Å². The Hall–Kier alpha value is -2.42. The van der Waals surface area contributed by atoms with Gasteiger partial charge in [-0.25, -0.2) is 4.68 Å². The van der Waals surface area contributed by atoms with Gasteiger partial charge in [-0.1, -0.05) is 42.1 Å². The lowest BCUT2D eigenvalue weighted by molar-refractivity contribution is -0.151. The molecule has 0 spiro atoms. The molecule has 1 saturated heterocycles. The molecular weight excluding hydrogens is 378 g/mol. The number of thioether (sulfide) groups is 1. The van der Waals surface area contributed by atoms with Gasteiger partial charge in [0.05, 0.1) is 24.3 Å². The van der Waals surface area contributed by atoms with Crippen LogP contribution in [-0.4, -0.2) is 61.9 Å². The second-order valence-electron chi connectivity index (χ2n) is 6.72. The molecule has 1 aliphatic heterocycles. The number of piperidine rings is 1. The van der Waals surface area contributed by atoms with Gasteiger partial charge in [0.1, 0.15) is 0 Å². The van der Waals surface area contributed by atoms with Gasteiger partial charge < -0.3 is 9.64 Å². The number of nitrogens with zero attached hydrogens (tertiary/aromatic N) is 5. The van der Waals surface area contributed by atoms with Crippen molar-refractivity contribution in [3.8, 4) is 0 Å². The summed E-state index contributed by atoms with van der Waals surface area (Å²) in [5.74, 6) is -0.219. The van der Waals surface area contributed by atoms with E-state index < -0.39 is 0 Å². The number of esters is 1. The fraction of sp³-hybridized carbons (Fsp3) is 0.526. The SMILES string of the molecule is CCOC(=O)C1CCN(C(=O)C(C)Sc2nnnn2Cc2ccccc2)CC1. The Labute approximate surface area is 168 Å². The summed E-state index contributed by atoms with van der Waals surface area (Å²) in [6, 6.07) is 9.93. The molecule has 8 nitrogen and oxygen atoms in total. The van der Waals surface area contributed by atoms with Crippen molar-refractivity contribution in [2.45, 2.75) is 43.6 Å². The van der Waals surface area contributed by atoms with Crippen LogP contribution in [0.5, 0.6) is 0 Å². The summed E-state index contributed by atoms with van der Waals surface area (Å²) < 4.78 is 6.79. The van der Waals surface area contributed by atoms with Gasteiger partial charge in [0.15, 0.2) is 0 Å². The van der Waals surface area contributed by atoms with Crippen LogP contribution in [0.2, 0.25) is 0 Å². The first-order valence-corrected chi connectivity index (χ1v) is 10.4. The number of tetrazole rings is 1. The fourth-order valence-corrected chi connectivity index (χ4v) is 4.07. The average molecular weight is 404 g/mol. The fourth-order valence-electron chi connectivity index (χ4n) is 3.20. The summed E-state index contributed by atoms with van der Waals surface area (Å²) in [6.45, 7) is 5.77. The van der Waals surface area contributed by atoms with Crippen LogP contribution < -0.4 is 0 Å². The molecule has 150 valence electrons. The Balaban J connectivity index is 1.54. The Bertz CT molecular complexity index is 790. The predicted molar refractivity (Wildman–Crippen MR) is 105 cm³/mol. The van der Waals surface area contributed by atoms with Crippen molar-refractivity contribution in [1.29, 1.82) is 0 Å². The van der Waals surface area contributed by atoms with E-state index in [1.165, 1.54) is 11.8 Å². The molecule has 1 aromatic carbocycles. The molecule has 1 amide bonds. The largest absolute Gasteiger partial charge is 0.466 e. The first-order chi connectivity index (χ1) is 13.6. The standard InChI is InChI=1S/C19H25N5O3S/c1-3-27-18(26)16-9-11-23(12-10-16)17(25)14(2)28-19-20-21-22-24(19)13-15-7-5-4-6-8-15/h4-8,14,16H,3,9-13H2,1-2H3. The second kappa shape index (κ2) is 9.68. The second-order valence-corrected chi connectivity index (χ2v) is 8.02. The van der Waals surface area contributed by atoms with E-state index in [-0.39, 0.29) is 23.0 Å². The number of hydrogen-bond donors (Lipinski definition) is 0. The summed E-state index contributed by atoms with van der Waals surface area (Å²) >= 11 is 1.36. The van der Waals surface area contributed by atoms with Gasteiger partial charge in [-0.3, -0.25) is 9.59 Å². The third-order valence-corrected chi connectivity index (χ3v) is 5.79. The Morgan fingerprint density at radius 3 is 2.64 bits per heavy atom. The van der Waals surface area contributed by atoms with Crippen LogP contribution in [-0.2, 0) is 20.9 Å². The van der Waals surface area contributed by atoms with E-state index in [0.717, 1.165) is 5.56 Å². The maximum atomic E-state index is 12.8. The summed E-state index contributed by atoms with van der Waals surface area (Å²) in [5, 5.41) is 12.2. The van der Waals surface area contributed by atoms with Gasteiger partial charge in [-0.05, 0) is 42.7 Å². The van der Waals surface area contributed by atoms with Crippen LogP contribution in [0, 0.1) is 5.92 Å². The number of benzene rings is 1. The summed E-state index contributed by atoms with van der Waals surface area (Å²) in [5.41, 5.74) is 1.09. The average Bonchev–Trinajstić information content (AvgIpc) is 3.15. The number of likely N-dealkylation sites (tertiary alicyclic amines) is 1. The molecule has 2 heterocycles. The zero-order valence-corrected chi connectivity index (χ0v) is 17.0. The number of aromatic nitrogens is 4. The molecule has 0 saturated carbocycles. The lowest BCUT2D eigenvalue weighted by atomic mass is 9.97. The molecule has 28 heavy (non-hydrogen) atoms. The van der Waals surface area contributed by atoms with Crippen molar-refractivity contribution in [3.05, 3.63) is 35.9 Å². The molecule has 9 heteroatoms. The third-order valence-electron chi connectivity index (χ3n) is 4.73. The van der Waals surface area contributed by atoms with Crippen LogP contribution in [0.4, 0.5) is 0 Å². The highest BCUT2D eigenvalue weighted by molar-refractivity contribution is 8.00. The normalized spacial score (nSPS) is 16.0. The van der Waals surface area contributed by atoms with Crippen molar-refractivity contribution < 1.29 is 14.3 Å². The van der Waals surface area contributed by atoms with Gasteiger partial charge >= 0.3 is 5.97 Å². The molecule has 3 rings (SSSR count). The minimum absolute atomic E-state index is 0.0431. The minimum atomic E-state index is -0.306. The van der Waals surface area contributed by atoms with E-state index >= 15 is 0 Å². The highest BCUT2D eigenvalue weighted by Crippen LogP contribution is 2.25. The van der Waals surface area contributed by atoms with E-state index in [1.807, 2.05) is 42.2 Å². The Morgan fingerprint density at radius 1 is 1.25 bits per heavy atom. The van der Waals surface area contributed by atoms with Crippen LogP contribution >= 0.6 is 11.8 Å². The molecule has 1 fully saturated rings. The van der Waals surface area contributed by atoms with Gasteiger partial charge in [0.2, 0.25) is 11.1 Å². The van der Waals surface area contributed by atoms with Crippen LogP contribution in [0.25, 0.3) is 0 Å². The Kier molecular flexibility index (Phi) is 7.02. The van der Waals surface area contributed by atoms with Gasteiger partial charge in [0, 0.05) is 13.1 Å². The topological polar surface area (TPSA) is 90.2 Å². The number of carbonyl (C=O) groups is 2. The van der Waals surface area contributed by atoms with E-state index in [9.17, 15) is 9.59 Å². The lowest BCUT2D eigenvalue weighted by Crippen LogP contribution is -2.43. The summed E-state index contributed by atoms with van der Waals surface area (Å²) in [6.07, 6.45) is 1.29. The maximum absolute atomic E-state index is 12.8. The zero-order chi connectivity index (χ0) is 19.9. The quantitative estimate of drug-likeness (QED) is 0.516. The maximum Gasteiger partial charge on any atom is 0.309 e. The predicted octanol–water partition coefficient (Wildman–Crippen LogP) is 2.00. The van der Waals surface area contributed by atoms with Gasteiger partial charge in [0.25, 0.3) is 0 Å². The van der Waals surface area contributed by atoms with Crippen molar-refractivity contribution in [2.75, 3.05) is 19.7 Å². The molecule has 0 N–H and O–H groups in total. The van der Waals surface area contributed by atoms with E-state index in [4.69, 9.17) is 4.74 Å². The van der Waals surface area contributed by atoms with Crippen molar-refractivity contribution in [2.24, 2.45) is 5.92 Å². The third kappa shape index (κ3) is 5.09. The number of amides is 1. The number of ether oxygens (including phenoxy) is 1. The van der Waals surface area contributed by atoms with E-state index in [2.05, 4.69) is 15.5 Å². The van der Waals surface area contributed by atoms with Crippen LogP contribution in [0.1, 0.15) is 32.3 Å². The smallest absolute Gasteiger partial charge is 0.309 e. The first kappa shape index (κ1) is 20.3. The minimum Gasteiger partial charge on any atom is -0.466 e. The van der Waals surface area contributed by atoms with E-state index in [1.54, 1.807) is 11.6 Å². The molecule has 1 aromatic heterocycles. The molecule has 1 unspecified atom stereocenters. The summed E-state index contributed by atoms with van der Waals surface area (Å²) in [7, 11) is 0. The lowest BCUT2D eigenvalue weighted by Gasteiger charge is -2.32. The molecule has 0 radical (unpaired) electrons. The summed E-state index contributed by atoms with van der Waals surface area (Å²) in [4.78, 5) is 26.5. The molecular formula is C19H25N5O3S. The van der Waals surface area contributed by atoms with E-state index in [0.29, 0.717) is 44.2 Å². The van der Waals surface area contributed by atoms with Crippen LogP contribution in [0.15, 0.2) is 35.5 Å². The van der Waals surface area contributed by atoms with Crippen molar-refractivity contribution in [3.63, 3.8) is 0 Å². The number of rotatable bonds is 7.